The van der Waals surface area contributed by atoms with Gasteiger partial charge in [0.1, 0.15) is 11.3 Å². The van der Waals surface area contributed by atoms with Crippen LogP contribution in [0, 0.1) is 0 Å². The van der Waals surface area contributed by atoms with E-state index in [-0.39, 0.29) is 18.0 Å². The van der Waals surface area contributed by atoms with E-state index in [0.29, 0.717) is 5.56 Å². The maximum atomic E-state index is 11.0. The molecule has 7 nitrogen and oxygen atoms in total. The average Bonchev–Trinajstić information content (AvgIpc) is 3.54. The van der Waals surface area contributed by atoms with Crippen LogP contribution >= 0.6 is 24.0 Å². The lowest BCUT2D eigenvalue weighted by Gasteiger charge is -1.97. The summed E-state index contributed by atoms with van der Waals surface area (Å²) < 4.78 is 3.89. The molecule has 0 aliphatic carbocycles. The Bertz CT molecular complexity index is 1500. The Balaban J connectivity index is 0.000000168. The zero-order chi connectivity index (χ0) is 25.1. The second kappa shape index (κ2) is 11.1. The molecule has 2 aromatic carbocycles. The van der Waals surface area contributed by atoms with Crippen molar-refractivity contribution in [2.75, 3.05) is 0 Å². The molecule has 0 amide bonds. The van der Waals surface area contributed by atoms with Crippen molar-refractivity contribution in [3.63, 3.8) is 0 Å². The summed E-state index contributed by atoms with van der Waals surface area (Å²) in [5, 5.41) is 8.39. The minimum Gasteiger partial charge on any atom is -0.478 e. The SMILES string of the molecule is Cl.O=C(Cl)c1ccc(-c2cn3ccccc3n2)cc1.O=C(O)c1ccc(-c2cn3ccccc3n2)cc1. The molecule has 0 bridgehead atoms. The van der Waals surface area contributed by atoms with Crippen LogP contribution in [0.5, 0.6) is 0 Å². The summed E-state index contributed by atoms with van der Waals surface area (Å²) in [6.45, 7) is 0. The van der Waals surface area contributed by atoms with Crippen molar-refractivity contribution in [3.8, 4) is 22.5 Å². The molecule has 6 rings (SSSR count). The van der Waals surface area contributed by atoms with Crippen LogP contribution in [-0.4, -0.2) is 35.1 Å². The van der Waals surface area contributed by atoms with Gasteiger partial charge in [-0.25, -0.2) is 14.8 Å². The molecule has 0 fully saturated rings. The number of pyridine rings is 2. The fourth-order valence-corrected chi connectivity index (χ4v) is 3.83. The second-order valence-corrected chi connectivity index (χ2v) is 8.26. The Labute approximate surface area is 223 Å². The number of fused-ring (bicyclic) bond motifs is 2. The van der Waals surface area contributed by atoms with E-state index in [1.165, 1.54) is 0 Å². The van der Waals surface area contributed by atoms with Crippen molar-refractivity contribution in [1.29, 1.82) is 0 Å². The highest BCUT2D eigenvalue weighted by molar-refractivity contribution is 6.67. The molecule has 0 spiro atoms. The van der Waals surface area contributed by atoms with Crippen molar-refractivity contribution in [2.45, 2.75) is 0 Å². The van der Waals surface area contributed by atoms with Crippen molar-refractivity contribution in [2.24, 2.45) is 0 Å². The first-order valence-electron chi connectivity index (χ1n) is 11.0. The summed E-state index contributed by atoms with van der Waals surface area (Å²) in [6, 6.07) is 25.4. The van der Waals surface area contributed by atoms with Gasteiger partial charge in [-0.3, -0.25) is 4.79 Å². The van der Waals surface area contributed by atoms with Crippen molar-refractivity contribution >= 4 is 46.5 Å². The predicted octanol–water partition coefficient (Wildman–Crippen LogP) is 6.50. The highest BCUT2D eigenvalue weighted by atomic mass is 35.5. The van der Waals surface area contributed by atoms with Gasteiger partial charge in [0.2, 0.25) is 0 Å². The minimum absolute atomic E-state index is 0. The Kier molecular flexibility index (Phi) is 7.67. The lowest BCUT2D eigenvalue weighted by Crippen LogP contribution is -1.94. The molecular formula is C28H20Cl2N4O3. The first kappa shape index (κ1) is 25.6. The van der Waals surface area contributed by atoms with Gasteiger partial charge in [0, 0.05) is 41.5 Å². The van der Waals surface area contributed by atoms with E-state index in [1.807, 2.05) is 82.1 Å². The first-order chi connectivity index (χ1) is 17.5. The predicted molar refractivity (Wildman–Crippen MR) is 146 cm³/mol. The van der Waals surface area contributed by atoms with Gasteiger partial charge < -0.3 is 13.9 Å². The summed E-state index contributed by atoms with van der Waals surface area (Å²) in [5.41, 5.74) is 6.10. The normalized spacial score (nSPS) is 10.4. The minimum atomic E-state index is -0.920. The monoisotopic (exact) mass is 530 g/mol. The number of carboxylic acids is 1. The number of rotatable bonds is 4. The van der Waals surface area contributed by atoms with Gasteiger partial charge in [0.25, 0.3) is 5.24 Å². The van der Waals surface area contributed by atoms with Crippen LogP contribution < -0.4 is 0 Å². The molecule has 0 atom stereocenters. The molecular weight excluding hydrogens is 511 g/mol. The van der Waals surface area contributed by atoms with Crippen LogP contribution in [-0.2, 0) is 0 Å². The Morgan fingerprint density at radius 3 is 1.46 bits per heavy atom. The molecule has 0 unspecified atom stereocenters. The lowest BCUT2D eigenvalue weighted by atomic mass is 10.1. The summed E-state index contributed by atoms with van der Waals surface area (Å²) in [4.78, 5) is 30.7. The topological polar surface area (TPSA) is 89.0 Å². The quantitative estimate of drug-likeness (QED) is 0.262. The smallest absolute Gasteiger partial charge is 0.335 e. The molecule has 6 aromatic rings. The molecule has 0 aliphatic heterocycles. The number of halogens is 2. The van der Waals surface area contributed by atoms with E-state index in [4.69, 9.17) is 16.7 Å². The van der Waals surface area contributed by atoms with E-state index >= 15 is 0 Å². The molecule has 1 N–H and O–H groups in total. The highest BCUT2D eigenvalue weighted by Crippen LogP contribution is 2.21. The number of carbonyl (C=O) groups is 2. The zero-order valence-electron chi connectivity index (χ0n) is 19.2. The van der Waals surface area contributed by atoms with Gasteiger partial charge in [-0.05, 0) is 60.1 Å². The largest absolute Gasteiger partial charge is 0.478 e. The number of nitrogens with zero attached hydrogens (tertiary/aromatic N) is 4. The number of hydrogen-bond donors (Lipinski definition) is 1. The molecule has 0 saturated carbocycles. The van der Waals surface area contributed by atoms with Crippen LogP contribution in [0.15, 0.2) is 110 Å². The number of aromatic nitrogens is 4. The standard InChI is InChI=1S/C14H9ClN2O.C14H10N2O2.ClH/c15-14(18)11-6-4-10(5-7-11)12-9-17-8-2-1-3-13(17)16-12;17-14(18)11-6-4-10(5-7-11)12-9-16-8-2-1-3-13(16)15-12;/h1-9H;1-9H,(H,17,18);1H. The van der Waals surface area contributed by atoms with Crippen molar-refractivity contribution in [1.82, 2.24) is 18.8 Å². The number of aromatic carboxylic acids is 1. The van der Waals surface area contributed by atoms with E-state index in [9.17, 15) is 9.59 Å². The number of hydrogen-bond acceptors (Lipinski definition) is 4. The van der Waals surface area contributed by atoms with Gasteiger partial charge in [-0.15, -0.1) is 12.4 Å². The van der Waals surface area contributed by atoms with E-state index < -0.39 is 11.2 Å². The Morgan fingerprint density at radius 1 is 0.649 bits per heavy atom. The maximum absolute atomic E-state index is 11.0. The molecule has 184 valence electrons. The summed E-state index contributed by atoms with van der Waals surface area (Å²) in [5.74, 6) is -0.920. The Morgan fingerprint density at radius 2 is 1.08 bits per heavy atom. The molecule has 0 aliphatic rings. The Hall–Kier alpha value is -4.46. The van der Waals surface area contributed by atoms with Crippen LogP contribution in [0.25, 0.3) is 33.8 Å². The van der Waals surface area contributed by atoms with Gasteiger partial charge in [-0.1, -0.05) is 36.4 Å². The fourth-order valence-electron chi connectivity index (χ4n) is 3.70. The van der Waals surface area contributed by atoms with Crippen LogP contribution in [0.3, 0.4) is 0 Å². The van der Waals surface area contributed by atoms with E-state index in [2.05, 4.69) is 9.97 Å². The third-order valence-corrected chi connectivity index (χ3v) is 5.78. The van der Waals surface area contributed by atoms with Gasteiger partial charge in [0.15, 0.2) is 0 Å². The van der Waals surface area contributed by atoms with E-state index in [0.717, 1.165) is 33.8 Å². The average molecular weight is 531 g/mol. The number of imidazole rings is 2. The van der Waals surface area contributed by atoms with Crippen LogP contribution in [0.1, 0.15) is 20.7 Å². The second-order valence-electron chi connectivity index (χ2n) is 7.92. The molecule has 9 heteroatoms. The van der Waals surface area contributed by atoms with Gasteiger partial charge >= 0.3 is 5.97 Å². The van der Waals surface area contributed by atoms with Crippen molar-refractivity contribution < 1.29 is 14.7 Å². The zero-order valence-corrected chi connectivity index (χ0v) is 20.8. The molecule has 0 saturated heterocycles. The summed E-state index contributed by atoms with van der Waals surface area (Å²) in [7, 11) is 0. The molecule has 0 radical (unpaired) electrons. The first-order valence-corrected chi connectivity index (χ1v) is 11.4. The summed E-state index contributed by atoms with van der Waals surface area (Å²) in [6.07, 6.45) is 7.75. The van der Waals surface area contributed by atoms with Crippen molar-refractivity contribution in [3.05, 3.63) is 121 Å². The molecule has 4 heterocycles. The number of benzene rings is 2. The summed E-state index contributed by atoms with van der Waals surface area (Å²) >= 11 is 5.41. The number of carboxylic acid groups (broad SMARTS) is 1. The fraction of sp³-hybridized carbons (Fsp3) is 0. The molecule has 4 aromatic heterocycles. The van der Waals surface area contributed by atoms with Crippen LogP contribution in [0.2, 0.25) is 0 Å². The highest BCUT2D eigenvalue weighted by Gasteiger charge is 2.07. The third-order valence-electron chi connectivity index (χ3n) is 5.56. The van der Waals surface area contributed by atoms with Gasteiger partial charge in [0.05, 0.1) is 17.0 Å². The molecule has 37 heavy (non-hydrogen) atoms. The third kappa shape index (κ3) is 5.69. The lowest BCUT2D eigenvalue weighted by molar-refractivity contribution is 0.0696. The maximum Gasteiger partial charge on any atom is 0.335 e. The number of carbonyl (C=O) groups excluding carboxylic acids is 1. The van der Waals surface area contributed by atoms with E-state index in [1.54, 1.807) is 36.4 Å². The van der Waals surface area contributed by atoms with Crippen LogP contribution in [0.4, 0.5) is 0 Å². The van der Waals surface area contributed by atoms with Gasteiger partial charge in [-0.2, -0.15) is 0 Å².